The van der Waals surface area contributed by atoms with E-state index in [0.717, 1.165) is 5.56 Å². The van der Waals surface area contributed by atoms with Crippen molar-refractivity contribution in [3.63, 3.8) is 0 Å². The zero-order valence-electron chi connectivity index (χ0n) is 14.1. The molecule has 1 aliphatic rings. The van der Waals surface area contributed by atoms with E-state index in [1.807, 2.05) is 30.3 Å². The number of halogens is 1. The van der Waals surface area contributed by atoms with Crippen molar-refractivity contribution in [1.29, 1.82) is 0 Å². The largest absolute Gasteiger partial charge is 0.383 e. The van der Waals surface area contributed by atoms with E-state index in [1.165, 1.54) is 23.8 Å². The van der Waals surface area contributed by atoms with E-state index in [2.05, 4.69) is 4.98 Å². The summed E-state index contributed by atoms with van der Waals surface area (Å²) in [4.78, 5) is 15.7. The van der Waals surface area contributed by atoms with Crippen LogP contribution in [0.2, 0.25) is 0 Å². The summed E-state index contributed by atoms with van der Waals surface area (Å²) in [6, 6.07) is 11.2. The molecule has 1 aliphatic heterocycles. The van der Waals surface area contributed by atoms with Gasteiger partial charge in [-0.3, -0.25) is 4.57 Å². The first-order chi connectivity index (χ1) is 12.0. The van der Waals surface area contributed by atoms with Crippen molar-refractivity contribution < 1.29 is 13.9 Å². The van der Waals surface area contributed by atoms with Crippen LogP contribution in [-0.4, -0.2) is 27.9 Å². The third-order valence-electron chi connectivity index (χ3n) is 4.53. The number of rotatable bonds is 6. The van der Waals surface area contributed by atoms with Crippen LogP contribution in [0, 0.1) is 0 Å². The standard InChI is InChI=1S/C18H22FN3O3/c1-13(19)18(12-24-11-14-5-3-2-4-6-14)9-7-16(25-18)22-10-8-15(20)21-17(22)23/h2-6,8,10,13,16H,7,9,11-12H2,1H3,(H2,20,21,23). The number of hydrogen-bond acceptors (Lipinski definition) is 5. The van der Waals surface area contributed by atoms with Crippen LogP contribution in [-0.2, 0) is 16.1 Å². The average molecular weight is 347 g/mol. The number of nitrogens with zero attached hydrogens (tertiary/aromatic N) is 2. The van der Waals surface area contributed by atoms with Crippen molar-refractivity contribution in [3.8, 4) is 0 Å². The number of nitrogens with two attached hydrogens (primary N) is 1. The molecule has 2 N–H and O–H groups in total. The molecule has 0 radical (unpaired) electrons. The van der Waals surface area contributed by atoms with Crippen LogP contribution in [0.25, 0.3) is 0 Å². The van der Waals surface area contributed by atoms with E-state index >= 15 is 0 Å². The van der Waals surface area contributed by atoms with Gasteiger partial charge < -0.3 is 15.2 Å². The monoisotopic (exact) mass is 347 g/mol. The molecule has 1 saturated heterocycles. The molecule has 6 nitrogen and oxygen atoms in total. The van der Waals surface area contributed by atoms with Gasteiger partial charge in [0.25, 0.3) is 0 Å². The summed E-state index contributed by atoms with van der Waals surface area (Å²) in [5.74, 6) is 0.149. The van der Waals surface area contributed by atoms with Gasteiger partial charge in [0.2, 0.25) is 0 Å². The van der Waals surface area contributed by atoms with Crippen molar-refractivity contribution in [2.45, 2.75) is 44.4 Å². The molecule has 0 bridgehead atoms. The summed E-state index contributed by atoms with van der Waals surface area (Å²) < 4.78 is 27.3. The maximum absolute atomic E-state index is 14.3. The molecule has 3 rings (SSSR count). The lowest BCUT2D eigenvalue weighted by atomic mass is 9.96. The van der Waals surface area contributed by atoms with E-state index in [-0.39, 0.29) is 12.4 Å². The SMILES string of the molecule is CC(F)C1(COCc2ccccc2)CCC(n2ccc(N)nc2=O)O1. The minimum absolute atomic E-state index is 0.118. The van der Waals surface area contributed by atoms with E-state index < -0.39 is 23.7 Å². The Hall–Kier alpha value is -2.25. The van der Waals surface area contributed by atoms with Crippen molar-refractivity contribution in [2.75, 3.05) is 12.3 Å². The molecule has 2 heterocycles. The van der Waals surface area contributed by atoms with E-state index in [9.17, 15) is 9.18 Å². The summed E-state index contributed by atoms with van der Waals surface area (Å²) >= 11 is 0. The Balaban J connectivity index is 1.68. The minimum atomic E-state index is -1.23. The topological polar surface area (TPSA) is 79.4 Å². The first kappa shape index (κ1) is 17.6. The Kier molecular flexibility index (Phi) is 5.15. The smallest absolute Gasteiger partial charge is 0.351 e. The Morgan fingerprint density at radius 2 is 2.20 bits per heavy atom. The first-order valence-electron chi connectivity index (χ1n) is 8.28. The Bertz CT molecular complexity index is 766. The van der Waals surface area contributed by atoms with Gasteiger partial charge in [-0.25, -0.2) is 9.18 Å². The molecule has 3 atom stereocenters. The van der Waals surface area contributed by atoms with E-state index in [1.54, 1.807) is 0 Å². The average Bonchev–Trinajstić information content (AvgIpc) is 3.01. The Morgan fingerprint density at radius 1 is 1.44 bits per heavy atom. The minimum Gasteiger partial charge on any atom is -0.383 e. The highest BCUT2D eigenvalue weighted by Gasteiger charge is 2.46. The summed E-state index contributed by atoms with van der Waals surface area (Å²) in [6.45, 7) is 1.96. The first-order valence-corrected chi connectivity index (χ1v) is 8.28. The summed E-state index contributed by atoms with van der Waals surface area (Å²) in [6.07, 6.45) is 0.694. The molecule has 0 amide bonds. The molecule has 1 aromatic carbocycles. The van der Waals surface area contributed by atoms with Crippen molar-refractivity contribution in [1.82, 2.24) is 9.55 Å². The van der Waals surface area contributed by atoms with Gasteiger partial charge in [-0.2, -0.15) is 4.98 Å². The van der Waals surface area contributed by atoms with Gasteiger partial charge in [-0.15, -0.1) is 0 Å². The molecule has 134 valence electrons. The Morgan fingerprint density at radius 3 is 2.88 bits per heavy atom. The second-order valence-corrected chi connectivity index (χ2v) is 6.31. The molecule has 7 heteroatoms. The molecule has 0 aliphatic carbocycles. The number of ether oxygens (including phenoxy) is 2. The van der Waals surface area contributed by atoms with Gasteiger partial charge in [0.15, 0.2) is 0 Å². The molecule has 3 unspecified atom stereocenters. The summed E-state index contributed by atoms with van der Waals surface area (Å²) in [5, 5.41) is 0. The van der Waals surface area contributed by atoms with Crippen LogP contribution in [0.15, 0.2) is 47.4 Å². The summed E-state index contributed by atoms with van der Waals surface area (Å²) in [5.41, 5.74) is 4.94. The van der Waals surface area contributed by atoms with E-state index in [0.29, 0.717) is 19.4 Å². The highest BCUT2D eigenvalue weighted by atomic mass is 19.1. The van der Waals surface area contributed by atoms with Crippen molar-refractivity contribution in [3.05, 3.63) is 58.6 Å². The van der Waals surface area contributed by atoms with Crippen molar-refractivity contribution >= 4 is 5.82 Å². The normalized spacial score (nSPS) is 24.3. The predicted octanol–water partition coefficient (Wildman–Crippen LogP) is 2.45. The fourth-order valence-corrected chi connectivity index (χ4v) is 3.03. The van der Waals surface area contributed by atoms with Crippen LogP contribution < -0.4 is 11.4 Å². The number of hydrogen-bond donors (Lipinski definition) is 1. The number of nitrogen functional groups attached to an aromatic ring is 1. The molecule has 1 fully saturated rings. The number of anilines is 1. The maximum atomic E-state index is 14.3. The second-order valence-electron chi connectivity index (χ2n) is 6.31. The quantitative estimate of drug-likeness (QED) is 0.868. The molecule has 1 aromatic heterocycles. The van der Waals surface area contributed by atoms with Crippen LogP contribution in [0.5, 0.6) is 0 Å². The third kappa shape index (κ3) is 3.88. The number of benzene rings is 1. The van der Waals surface area contributed by atoms with Gasteiger partial charge in [0.05, 0.1) is 13.2 Å². The summed E-state index contributed by atoms with van der Waals surface area (Å²) in [7, 11) is 0. The van der Waals surface area contributed by atoms with Crippen molar-refractivity contribution in [2.24, 2.45) is 0 Å². The fraction of sp³-hybridized carbons (Fsp3) is 0.444. The Labute approximate surface area is 145 Å². The molecule has 0 spiro atoms. The molecule has 2 aromatic rings. The molecule has 0 saturated carbocycles. The van der Waals surface area contributed by atoms with Gasteiger partial charge in [-0.05, 0) is 31.4 Å². The van der Waals surface area contributed by atoms with Gasteiger partial charge in [0.1, 0.15) is 23.8 Å². The lowest BCUT2D eigenvalue weighted by molar-refractivity contribution is -0.146. The third-order valence-corrected chi connectivity index (χ3v) is 4.53. The van der Waals surface area contributed by atoms with Crippen LogP contribution in [0.4, 0.5) is 10.2 Å². The van der Waals surface area contributed by atoms with Crippen LogP contribution in [0.1, 0.15) is 31.6 Å². The lowest BCUT2D eigenvalue weighted by Crippen LogP contribution is -2.43. The number of alkyl halides is 1. The van der Waals surface area contributed by atoms with Crippen LogP contribution in [0.3, 0.4) is 0 Å². The van der Waals surface area contributed by atoms with Crippen LogP contribution >= 0.6 is 0 Å². The zero-order chi connectivity index (χ0) is 17.9. The van der Waals surface area contributed by atoms with Gasteiger partial charge >= 0.3 is 5.69 Å². The predicted molar refractivity (Wildman–Crippen MR) is 91.7 cm³/mol. The number of aromatic nitrogens is 2. The highest BCUT2D eigenvalue weighted by molar-refractivity contribution is 5.23. The maximum Gasteiger partial charge on any atom is 0.351 e. The lowest BCUT2D eigenvalue weighted by Gasteiger charge is -2.31. The molecular formula is C18H22FN3O3. The fourth-order valence-electron chi connectivity index (χ4n) is 3.03. The van der Waals surface area contributed by atoms with E-state index in [4.69, 9.17) is 15.2 Å². The van der Waals surface area contributed by atoms with Gasteiger partial charge in [-0.1, -0.05) is 30.3 Å². The molecular weight excluding hydrogens is 325 g/mol. The molecule has 25 heavy (non-hydrogen) atoms. The second kappa shape index (κ2) is 7.33. The zero-order valence-corrected chi connectivity index (χ0v) is 14.1. The highest BCUT2D eigenvalue weighted by Crippen LogP contribution is 2.39. The van der Waals surface area contributed by atoms with Gasteiger partial charge in [0, 0.05) is 6.20 Å².